The molecule has 1 N–H and O–H groups in total. The van der Waals surface area contributed by atoms with Gasteiger partial charge in [-0.1, -0.05) is 29.8 Å². The lowest BCUT2D eigenvalue weighted by molar-refractivity contribution is 0.354. The fraction of sp³-hybridized carbons (Fsp3) is 0.348. The average molecular weight is 364 g/mol. The van der Waals surface area contributed by atoms with Crippen LogP contribution >= 0.6 is 0 Å². The number of hydrogen-bond donors (Lipinski definition) is 1. The van der Waals surface area contributed by atoms with E-state index in [9.17, 15) is 0 Å². The summed E-state index contributed by atoms with van der Waals surface area (Å²) in [6, 6.07) is 12.8. The summed E-state index contributed by atoms with van der Waals surface area (Å²) >= 11 is 0. The Hall–Kier alpha value is -2.75. The fourth-order valence-corrected chi connectivity index (χ4v) is 4.09. The van der Waals surface area contributed by atoms with Crippen LogP contribution in [0.15, 0.2) is 48.2 Å². The topological polar surface area (TPSA) is 45.6 Å². The van der Waals surface area contributed by atoms with Crippen molar-refractivity contribution < 1.29 is 9.47 Å². The zero-order valence-electron chi connectivity index (χ0n) is 16.8. The lowest BCUT2D eigenvalue weighted by Crippen LogP contribution is -2.30. The maximum absolute atomic E-state index is 7.70. The number of fused-ring (bicyclic) bond motifs is 1. The van der Waals surface area contributed by atoms with Gasteiger partial charge in [-0.25, -0.2) is 0 Å². The second kappa shape index (κ2) is 7.47. The standard InChI is InChI=1S/C23H28N2O2/c1-6-25-19-14-21(27-5)20(26-4)13-18(19)23(3,22(25)11-12-24)15-17-9-7-16(2)8-10-17/h7-14,24H,6,15H2,1-5H3/b22-11-,24-12?. The number of nitrogens with zero attached hydrogens (tertiary/aromatic N) is 1. The number of ether oxygens (including phenoxy) is 2. The van der Waals surface area contributed by atoms with Crippen molar-refractivity contribution in [3.8, 4) is 11.5 Å². The molecule has 0 amide bonds. The van der Waals surface area contributed by atoms with Gasteiger partial charge in [0, 0.05) is 35.6 Å². The normalized spacial score (nSPS) is 19.9. The van der Waals surface area contributed by atoms with Crippen LogP contribution in [0, 0.1) is 12.3 Å². The fourth-order valence-electron chi connectivity index (χ4n) is 4.09. The molecule has 4 nitrogen and oxygen atoms in total. The highest BCUT2D eigenvalue weighted by atomic mass is 16.5. The molecule has 0 spiro atoms. The molecule has 2 aromatic rings. The van der Waals surface area contributed by atoms with E-state index in [4.69, 9.17) is 14.9 Å². The van der Waals surface area contributed by atoms with Gasteiger partial charge in [-0.05, 0) is 50.5 Å². The number of hydrogen-bond acceptors (Lipinski definition) is 4. The first-order chi connectivity index (χ1) is 13.0. The van der Waals surface area contributed by atoms with Crippen LogP contribution < -0.4 is 14.4 Å². The molecular weight excluding hydrogens is 336 g/mol. The van der Waals surface area contributed by atoms with Crippen molar-refractivity contribution in [1.82, 2.24) is 0 Å². The predicted molar refractivity (Wildman–Crippen MR) is 112 cm³/mol. The van der Waals surface area contributed by atoms with Crippen molar-refractivity contribution in [3.05, 3.63) is 64.9 Å². The molecule has 2 aromatic carbocycles. The van der Waals surface area contributed by atoms with Crippen LogP contribution in [0.2, 0.25) is 0 Å². The molecular formula is C23H28N2O2. The van der Waals surface area contributed by atoms with E-state index in [0.717, 1.165) is 35.8 Å². The molecule has 1 aliphatic rings. The van der Waals surface area contributed by atoms with Gasteiger partial charge in [0.05, 0.1) is 14.2 Å². The number of benzene rings is 2. The largest absolute Gasteiger partial charge is 0.493 e. The zero-order valence-corrected chi connectivity index (χ0v) is 16.8. The molecule has 0 saturated carbocycles. The van der Waals surface area contributed by atoms with E-state index < -0.39 is 0 Å². The first-order valence-electron chi connectivity index (χ1n) is 9.29. The monoisotopic (exact) mass is 364 g/mol. The minimum absolute atomic E-state index is 0.252. The minimum Gasteiger partial charge on any atom is -0.493 e. The molecule has 3 rings (SSSR count). The maximum atomic E-state index is 7.70. The Kier molecular flexibility index (Phi) is 5.26. The number of likely N-dealkylation sites (N-methyl/N-ethyl adjacent to an activating group) is 1. The van der Waals surface area contributed by atoms with E-state index in [1.54, 1.807) is 14.2 Å². The van der Waals surface area contributed by atoms with Gasteiger partial charge in [0.15, 0.2) is 11.5 Å². The molecule has 0 aromatic heterocycles. The molecule has 142 valence electrons. The Morgan fingerprint density at radius 2 is 1.70 bits per heavy atom. The van der Waals surface area contributed by atoms with E-state index in [1.807, 2.05) is 6.08 Å². The Labute approximate surface area is 161 Å². The van der Waals surface area contributed by atoms with Crippen molar-refractivity contribution in [2.45, 2.75) is 32.6 Å². The first-order valence-corrected chi connectivity index (χ1v) is 9.29. The molecule has 1 unspecified atom stereocenters. The summed E-state index contributed by atoms with van der Waals surface area (Å²) in [6.07, 6.45) is 4.15. The molecule has 0 aliphatic carbocycles. The van der Waals surface area contributed by atoms with Gasteiger partial charge < -0.3 is 19.8 Å². The third kappa shape index (κ3) is 3.20. The van der Waals surface area contributed by atoms with Gasteiger partial charge in [0.25, 0.3) is 0 Å². The summed E-state index contributed by atoms with van der Waals surface area (Å²) in [4.78, 5) is 2.27. The van der Waals surface area contributed by atoms with Gasteiger partial charge in [0.1, 0.15) is 0 Å². The van der Waals surface area contributed by atoms with E-state index >= 15 is 0 Å². The molecule has 0 fully saturated rings. The van der Waals surface area contributed by atoms with E-state index in [-0.39, 0.29) is 5.41 Å². The van der Waals surface area contributed by atoms with Crippen LogP contribution in [0.4, 0.5) is 5.69 Å². The van der Waals surface area contributed by atoms with Crippen LogP contribution in [0.1, 0.15) is 30.5 Å². The SMILES string of the molecule is CCN1/C(=C\C=N)C(C)(Cc2ccc(C)cc2)c2cc(OC)c(OC)cc21. The Bertz CT molecular complexity index is 871. The van der Waals surface area contributed by atoms with Crippen LogP contribution in [-0.2, 0) is 11.8 Å². The third-order valence-electron chi connectivity index (χ3n) is 5.48. The highest BCUT2D eigenvalue weighted by Crippen LogP contribution is 2.52. The second-order valence-electron chi connectivity index (χ2n) is 7.18. The summed E-state index contributed by atoms with van der Waals surface area (Å²) in [5, 5.41) is 7.70. The minimum atomic E-state index is -0.252. The van der Waals surface area contributed by atoms with Gasteiger partial charge in [-0.2, -0.15) is 0 Å². The Balaban J connectivity index is 2.20. The average Bonchev–Trinajstić information content (AvgIpc) is 2.90. The van der Waals surface area contributed by atoms with Gasteiger partial charge in [-0.15, -0.1) is 0 Å². The van der Waals surface area contributed by atoms with Crippen LogP contribution in [0.5, 0.6) is 11.5 Å². The summed E-state index contributed by atoms with van der Waals surface area (Å²) in [5.41, 5.74) is 5.74. The number of methoxy groups -OCH3 is 2. The van der Waals surface area contributed by atoms with Crippen molar-refractivity contribution in [3.63, 3.8) is 0 Å². The smallest absolute Gasteiger partial charge is 0.162 e. The molecule has 0 radical (unpaired) electrons. The molecule has 0 saturated heterocycles. The highest BCUT2D eigenvalue weighted by Gasteiger charge is 2.44. The van der Waals surface area contributed by atoms with Crippen LogP contribution in [0.25, 0.3) is 0 Å². The molecule has 1 aliphatic heterocycles. The van der Waals surface area contributed by atoms with Crippen molar-refractivity contribution in [1.29, 1.82) is 5.41 Å². The van der Waals surface area contributed by atoms with Gasteiger partial charge in [-0.3, -0.25) is 0 Å². The predicted octanol–water partition coefficient (Wildman–Crippen LogP) is 4.89. The summed E-state index contributed by atoms with van der Waals surface area (Å²) < 4.78 is 11.1. The van der Waals surface area contributed by atoms with E-state index in [0.29, 0.717) is 0 Å². The number of aryl methyl sites for hydroxylation is 1. The summed E-state index contributed by atoms with van der Waals surface area (Å²) in [5.74, 6) is 1.46. The first kappa shape index (κ1) is 19.0. The molecule has 0 bridgehead atoms. The number of allylic oxidation sites excluding steroid dienone is 2. The van der Waals surface area contributed by atoms with Crippen LogP contribution in [0.3, 0.4) is 0 Å². The lowest BCUT2D eigenvalue weighted by Gasteiger charge is -2.30. The molecule has 27 heavy (non-hydrogen) atoms. The summed E-state index contributed by atoms with van der Waals surface area (Å²) in [7, 11) is 3.33. The Morgan fingerprint density at radius 1 is 1.07 bits per heavy atom. The van der Waals surface area contributed by atoms with Gasteiger partial charge >= 0.3 is 0 Å². The molecule has 1 heterocycles. The van der Waals surface area contributed by atoms with Crippen LogP contribution in [-0.4, -0.2) is 27.0 Å². The number of nitrogens with one attached hydrogen (secondary N) is 1. The highest BCUT2D eigenvalue weighted by molar-refractivity contribution is 5.80. The molecule has 4 heteroatoms. The van der Waals surface area contributed by atoms with Crippen molar-refractivity contribution in [2.24, 2.45) is 0 Å². The van der Waals surface area contributed by atoms with Crippen molar-refractivity contribution in [2.75, 3.05) is 25.7 Å². The second-order valence-corrected chi connectivity index (χ2v) is 7.18. The Morgan fingerprint density at radius 3 is 2.26 bits per heavy atom. The van der Waals surface area contributed by atoms with Gasteiger partial charge in [0.2, 0.25) is 0 Å². The number of rotatable bonds is 6. The number of anilines is 1. The van der Waals surface area contributed by atoms with E-state index in [1.165, 1.54) is 22.9 Å². The van der Waals surface area contributed by atoms with E-state index in [2.05, 4.69) is 62.1 Å². The zero-order chi connectivity index (χ0) is 19.6. The summed E-state index contributed by atoms with van der Waals surface area (Å²) in [6.45, 7) is 7.32. The third-order valence-corrected chi connectivity index (χ3v) is 5.48. The maximum Gasteiger partial charge on any atom is 0.162 e. The molecule has 1 atom stereocenters. The quantitative estimate of drug-likeness (QED) is 0.743. The van der Waals surface area contributed by atoms with Crippen molar-refractivity contribution >= 4 is 11.9 Å². The lowest BCUT2D eigenvalue weighted by atomic mass is 9.76.